The summed E-state index contributed by atoms with van der Waals surface area (Å²) in [5.41, 5.74) is 2.57. The van der Waals surface area contributed by atoms with Crippen LogP contribution in [0.5, 0.6) is 0 Å². The molecule has 1 aromatic rings. The van der Waals surface area contributed by atoms with Crippen molar-refractivity contribution < 1.29 is 9.72 Å². The summed E-state index contributed by atoms with van der Waals surface area (Å²) in [5.74, 6) is 5.02. The number of anilines is 1. The number of carbonyl (C=O) groups excluding carboxylic acids is 1. The van der Waals surface area contributed by atoms with E-state index in [1.807, 2.05) is 0 Å². The van der Waals surface area contributed by atoms with Crippen molar-refractivity contribution in [3.8, 4) is 0 Å². The third-order valence-electron chi connectivity index (χ3n) is 2.99. The predicted molar refractivity (Wildman–Crippen MR) is 66.0 cm³/mol. The Morgan fingerprint density at radius 1 is 1.39 bits per heavy atom. The number of benzene rings is 1. The molecule has 0 unspecified atom stereocenters. The second-order valence-electron chi connectivity index (χ2n) is 4.13. The molecular weight excluding hydrogens is 236 g/mol. The molecule has 2 rings (SSSR count). The van der Waals surface area contributed by atoms with E-state index in [2.05, 4.69) is 5.43 Å². The third-order valence-corrected chi connectivity index (χ3v) is 2.99. The molecule has 0 spiro atoms. The maximum atomic E-state index is 12.1. The van der Waals surface area contributed by atoms with E-state index in [1.54, 1.807) is 11.0 Å². The topological polar surface area (TPSA) is 102 Å². The molecule has 1 aliphatic rings. The molecule has 1 aromatic carbocycles. The van der Waals surface area contributed by atoms with Crippen molar-refractivity contribution in [2.24, 2.45) is 5.84 Å². The quantitative estimate of drug-likeness (QED) is 0.475. The van der Waals surface area contributed by atoms with Crippen LogP contribution in [0.25, 0.3) is 0 Å². The Balaban J connectivity index is 2.31. The van der Waals surface area contributed by atoms with Gasteiger partial charge in [-0.25, -0.2) is 0 Å². The molecule has 0 bridgehead atoms. The Kier molecular flexibility index (Phi) is 3.42. The molecule has 0 aliphatic carbocycles. The maximum Gasteiger partial charge on any atom is 0.294 e. The second-order valence-corrected chi connectivity index (χ2v) is 4.13. The summed E-state index contributed by atoms with van der Waals surface area (Å²) in [6, 6.07) is 4.25. The van der Waals surface area contributed by atoms with Gasteiger partial charge in [-0.1, -0.05) is 0 Å². The lowest BCUT2D eigenvalue weighted by molar-refractivity contribution is -0.384. The van der Waals surface area contributed by atoms with Gasteiger partial charge < -0.3 is 10.3 Å². The van der Waals surface area contributed by atoms with Crippen molar-refractivity contribution in [3.63, 3.8) is 0 Å². The van der Waals surface area contributed by atoms with Gasteiger partial charge in [0.1, 0.15) is 5.69 Å². The van der Waals surface area contributed by atoms with Crippen LogP contribution in [0.15, 0.2) is 18.2 Å². The van der Waals surface area contributed by atoms with Gasteiger partial charge in [-0.3, -0.25) is 20.8 Å². The minimum Gasteiger partial charge on any atom is -0.339 e. The molecular formula is C11H14N4O3. The van der Waals surface area contributed by atoms with Gasteiger partial charge in [0, 0.05) is 24.7 Å². The number of carbonyl (C=O) groups is 1. The lowest BCUT2D eigenvalue weighted by Gasteiger charge is -2.15. The summed E-state index contributed by atoms with van der Waals surface area (Å²) in [6.45, 7) is 1.42. The van der Waals surface area contributed by atoms with E-state index in [9.17, 15) is 14.9 Å². The summed E-state index contributed by atoms with van der Waals surface area (Å²) in [6.07, 6.45) is 1.96. The van der Waals surface area contributed by atoms with E-state index in [4.69, 9.17) is 5.84 Å². The van der Waals surface area contributed by atoms with E-state index in [0.29, 0.717) is 18.7 Å². The fourth-order valence-corrected chi connectivity index (χ4v) is 2.04. The number of hydrazine groups is 1. The first-order valence-corrected chi connectivity index (χ1v) is 5.68. The van der Waals surface area contributed by atoms with Crippen LogP contribution in [0.1, 0.15) is 23.2 Å². The van der Waals surface area contributed by atoms with Crippen molar-refractivity contribution in [1.82, 2.24) is 4.90 Å². The largest absolute Gasteiger partial charge is 0.339 e. The average Bonchev–Trinajstić information content (AvgIpc) is 2.90. The Labute approximate surface area is 104 Å². The number of amides is 1. The molecule has 1 saturated heterocycles. The van der Waals surface area contributed by atoms with Crippen LogP contribution in [-0.2, 0) is 0 Å². The number of hydrogen-bond donors (Lipinski definition) is 2. The lowest BCUT2D eigenvalue weighted by atomic mass is 10.1. The number of nitrogens with two attached hydrogens (primary N) is 1. The molecule has 0 saturated carbocycles. The van der Waals surface area contributed by atoms with Crippen LogP contribution in [0, 0.1) is 10.1 Å². The number of nitro groups is 1. The molecule has 1 amide bonds. The monoisotopic (exact) mass is 250 g/mol. The van der Waals surface area contributed by atoms with Crippen molar-refractivity contribution in [2.75, 3.05) is 18.5 Å². The Morgan fingerprint density at radius 3 is 2.61 bits per heavy atom. The molecule has 96 valence electrons. The molecule has 18 heavy (non-hydrogen) atoms. The number of nitro benzene ring substituents is 1. The normalized spacial score (nSPS) is 14.6. The van der Waals surface area contributed by atoms with E-state index in [-0.39, 0.29) is 17.3 Å². The highest BCUT2D eigenvalue weighted by Crippen LogP contribution is 2.25. The van der Waals surface area contributed by atoms with Gasteiger partial charge in [0.2, 0.25) is 0 Å². The highest BCUT2D eigenvalue weighted by molar-refractivity contribution is 5.95. The molecule has 0 radical (unpaired) electrons. The van der Waals surface area contributed by atoms with Gasteiger partial charge >= 0.3 is 0 Å². The van der Waals surface area contributed by atoms with E-state index in [1.165, 1.54) is 12.1 Å². The first-order chi connectivity index (χ1) is 8.63. The van der Waals surface area contributed by atoms with E-state index in [0.717, 1.165) is 12.8 Å². The molecule has 1 heterocycles. The van der Waals surface area contributed by atoms with Crippen molar-refractivity contribution in [1.29, 1.82) is 0 Å². The average molecular weight is 250 g/mol. The van der Waals surface area contributed by atoms with Crippen LogP contribution in [0.3, 0.4) is 0 Å². The van der Waals surface area contributed by atoms with E-state index < -0.39 is 4.92 Å². The van der Waals surface area contributed by atoms with Gasteiger partial charge in [0.05, 0.1) is 4.92 Å². The van der Waals surface area contributed by atoms with Crippen LogP contribution in [0.4, 0.5) is 11.4 Å². The summed E-state index contributed by atoms with van der Waals surface area (Å²) in [5, 5.41) is 10.9. The molecule has 3 N–H and O–H groups in total. The molecule has 7 heteroatoms. The number of likely N-dealkylation sites (tertiary alicyclic amines) is 1. The fraction of sp³-hybridized carbons (Fsp3) is 0.364. The number of nitrogens with zero attached hydrogens (tertiary/aromatic N) is 2. The number of nitrogen functional groups attached to an aromatic ring is 1. The predicted octanol–water partition coefficient (Wildman–Crippen LogP) is 1.12. The molecule has 0 aromatic heterocycles. The summed E-state index contributed by atoms with van der Waals surface area (Å²) >= 11 is 0. The smallest absolute Gasteiger partial charge is 0.294 e. The van der Waals surface area contributed by atoms with Crippen LogP contribution in [0.2, 0.25) is 0 Å². The molecule has 1 aliphatic heterocycles. The summed E-state index contributed by atoms with van der Waals surface area (Å²) in [7, 11) is 0. The van der Waals surface area contributed by atoms with Gasteiger partial charge in [0.15, 0.2) is 0 Å². The first-order valence-electron chi connectivity index (χ1n) is 5.68. The van der Waals surface area contributed by atoms with Crippen LogP contribution >= 0.6 is 0 Å². The minimum absolute atomic E-state index is 0.167. The Morgan fingerprint density at radius 2 is 2.06 bits per heavy atom. The van der Waals surface area contributed by atoms with Crippen LogP contribution < -0.4 is 11.3 Å². The highest BCUT2D eigenvalue weighted by atomic mass is 16.6. The maximum absolute atomic E-state index is 12.1. The lowest BCUT2D eigenvalue weighted by Crippen LogP contribution is -2.27. The Hall–Kier alpha value is -2.15. The highest BCUT2D eigenvalue weighted by Gasteiger charge is 2.22. The minimum atomic E-state index is -0.560. The third kappa shape index (κ3) is 2.25. The zero-order valence-corrected chi connectivity index (χ0v) is 9.76. The Bertz CT molecular complexity index is 483. The van der Waals surface area contributed by atoms with E-state index >= 15 is 0 Å². The van der Waals surface area contributed by atoms with Gasteiger partial charge in [-0.2, -0.15) is 0 Å². The van der Waals surface area contributed by atoms with Gasteiger partial charge in [0.25, 0.3) is 11.6 Å². The zero-order valence-electron chi connectivity index (χ0n) is 9.76. The van der Waals surface area contributed by atoms with Gasteiger partial charge in [-0.15, -0.1) is 0 Å². The zero-order chi connectivity index (χ0) is 13.1. The second kappa shape index (κ2) is 5.01. The summed E-state index contributed by atoms with van der Waals surface area (Å²) in [4.78, 5) is 24.1. The van der Waals surface area contributed by atoms with Gasteiger partial charge in [-0.05, 0) is 25.0 Å². The molecule has 1 fully saturated rings. The fourth-order valence-electron chi connectivity index (χ4n) is 2.04. The number of rotatable bonds is 3. The number of nitrogens with one attached hydrogen (secondary N) is 1. The van der Waals surface area contributed by atoms with Crippen molar-refractivity contribution in [2.45, 2.75) is 12.8 Å². The standard InChI is InChI=1S/C11H14N4O3/c12-13-9-4-3-8(7-10(9)15(17)18)11(16)14-5-1-2-6-14/h3-4,7,13H,1-2,5-6,12H2. The number of hydrogen-bond acceptors (Lipinski definition) is 5. The molecule has 0 atom stereocenters. The van der Waals surface area contributed by atoms with Crippen molar-refractivity contribution >= 4 is 17.3 Å². The summed E-state index contributed by atoms with van der Waals surface area (Å²) < 4.78 is 0. The van der Waals surface area contributed by atoms with Crippen molar-refractivity contribution in [3.05, 3.63) is 33.9 Å². The first kappa shape index (κ1) is 12.3. The SMILES string of the molecule is NNc1ccc(C(=O)N2CCCC2)cc1[N+](=O)[O-]. The van der Waals surface area contributed by atoms with Crippen LogP contribution in [-0.4, -0.2) is 28.8 Å². The molecule has 7 nitrogen and oxygen atoms in total.